The van der Waals surface area contributed by atoms with Crippen LogP contribution < -0.4 is 5.32 Å². The number of hydrogen-bond donors (Lipinski definition) is 2. The van der Waals surface area contributed by atoms with E-state index in [1.54, 1.807) is 4.90 Å². The maximum absolute atomic E-state index is 12.0. The number of likely N-dealkylation sites (N-methyl/N-ethyl adjacent to an activating group) is 1. The first-order valence-electron chi connectivity index (χ1n) is 7.12. The maximum Gasteiger partial charge on any atom is 0.317 e. The molecular formula is C13H23N3O4. The molecule has 0 bridgehead atoms. The van der Waals surface area contributed by atoms with Gasteiger partial charge in [0.25, 0.3) is 0 Å². The van der Waals surface area contributed by atoms with Crippen LogP contribution in [0.25, 0.3) is 0 Å². The molecule has 0 spiro atoms. The average molecular weight is 285 g/mol. The van der Waals surface area contributed by atoms with Crippen molar-refractivity contribution in [1.82, 2.24) is 15.1 Å². The Morgan fingerprint density at radius 2 is 2.15 bits per heavy atom. The Morgan fingerprint density at radius 1 is 1.35 bits per heavy atom. The average Bonchev–Trinajstić information content (AvgIpc) is 2.45. The Labute approximate surface area is 118 Å². The number of ether oxygens (including phenoxy) is 1. The standard InChI is InChI=1S/C13H23N3O4/c1-15-5-6-20-11(9-15)7-14-13(19)16-4-2-3-10(8-16)12(17)18/h10-11H,2-9H2,1H3,(H,14,19)(H,17,18). The minimum Gasteiger partial charge on any atom is -0.481 e. The van der Waals surface area contributed by atoms with Crippen molar-refractivity contribution in [2.45, 2.75) is 18.9 Å². The third-order valence-electron chi connectivity index (χ3n) is 3.88. The van der Waals surface area contributed by atoms with E-state index in [9.17, 15) is 9.59 Å². The Bertz CT molecular complexity index is 364. The normalized spacial score (nSPS) is 28.1. The highest BCUT2D eigenvalue weighted by Gasteiger charge is 2.28. The molecule has 2 aliphatic heterocycles. The lowest BCUT2D eigenvalue weighted by molar-refractivity contribution is -0.143. The van der Waals surface area contributed by atoms with Crippen molar-refractivity contribution in [2.24, 2.45) is 5.92 Å². The van der Waals surface area contributed by atoms with Gasteiger partial charge in [0, 0.05) is 32.7 Å². The number of morpholine rings is 1. The maximum atomic E-state index is 12.0. The smallest absolute Gasteiger partial charge is 0.317 e. The lowest BCUT2D eigenvalue weighted by atomic mass is 9.99. The quantitative estimate of drug-likeness (QED) is 0.752. The first-order chi connectivity index (χ1) is 9.56. The van der Waals surface area contributed by atoms with Crippen LogP contribution in [0.15, 0.2) is 0 Å². The molecule has 0 aliphatic carbocycles. The van der Waals surface area contributed by atoms with E-state index in [0.717, 1.165) is 19.5 Å². The first-order valence-corrected chi connectivity index (χ1v) is 7.12. The molecule has 0 radical (unpaired) electrons. The zero-order valence-electron chi connectivity index (χ0n) is 11.9. The number of carbonyl (C=O) groups is 2. The molecule has 2 N–H and O–H groups in total. The predicted molar refractivity (Wildman–Crippen MR) is 72.6 cm³/mol. The zero-order valence-corrected chi connectivity index (χ0v) is 11.9. The molecule has 2 aliphatic rings. The highest BCUT2D eigenvalue weighted by atomic mass is 16.5. The van der Waals surface area contributed by atoms with E-state index in [0.29, 0.717) is 32.7 Å². The van der Waals surface area contributed by atoms with Crippen LogP contribution in [-0.4, -0.2) is 79.4 Å². The third kappa shape index (κ3) is 4.08. The number of likely N-dealkylation sites (tertiary alicyclic amines) is 1. The fraction of sp³-hybridized carbons (Fsp3) is 0.846. The molecule has 0 aromatic carbocycles. The Balaban J connectivity index is 1.75. The molecule has 2 heterocycles. The predicted octanol–water partition coefficient (Wildman–Crippen LogP) is -0.177. The summed E-state index contributed by atoms with van der Waals surface area (Å²) >= 11 is 0. The number of amides is 2. The minimum atomic E-state index is -0.820. The molecule has 2 saturated heterocycles. The number of aliphatic carboxylic acids is 1. The van der Waals surface area contributed by atoms with Gasteiger partial charge in [-0.05, 0) is 19.9 Å². The summed E-state index contributed by atoms with van der Waals surface area (Å²) in [5.74, 6) is -1.26. The molecular weight excluding hydrogens is 262 g/mol. The summed E-state index contributed by atoms with van der Waals surface area (Å²) in [6.45, 7) is 3.79. The third-order valence-corrected chi connectivity index (χ3v) is 3.88. The highest BCUT2D eigenvalue weighted by Crippen LogP contribution is 2.16. The lowest BCUT2D eigenvalue weighted by Crippen LogP contribution is -2.51. The van der Waals surface area contributed by atoms with Gasteiger partial charge < -0.3 is 25.0 Å². The zero-order chi connectivity index (χ0) is 14.5. The van der Waals surface area contributed by atoms with Gasteiger partial charge in [-0.3, -0.25) is 4.79 Å². The Morgan fingerprint density at radius 3 is 2.85 bits per heavy atom. The first kappa shape index (κ1) is 15.1. The molecule has 20 heavy (non-hydrogen) atoms. The van der Waals surface area contributed by atoms with Crippen LogP contribution in [0.4, 0.5) is 4.79 Å². The summed E-state index contributed by atoms with van der Waals surface area (Å²) < 4.78 is 5.58. The van der Waals surface area contributed by atoms with Gasteiger partial charge in [-0.2, -0.15) is 0 Å². The van der Waals surface area contributed by atoms with Crippen molar-refractivity contribution in [3.05, 3.63) is 0 Å². The second-order valence-electron chi connectivity index (χ2n) is 5.56. The molecule has 7 heteroatoms. The van der Waals surface area contributed by atoms with Crippen LogP contribution >= 0.6 is 0 Å². The molecule has 2 atom stereocenters. The van der Waals surface area contributed by atoms with Crippen molar-refractivity contribution in [3.63, 3.8) is 0 Å². The second kappa shape index (κ2) is 6.90. The van der Waals surface area contributed by atoms with Crippen LogP contribution in [0.5, 0.6) is 0 Å². The lowest BCUT2D eigenvalue weighted by Gasteiger charge is -2.33. The molecule has 0 aromatic rings. The van der Waals surface area contributed by atoms with Crippen molar-refractivity contribution in [1.29, 1.82) is 0 Å². The van der Waals surface area contributed by atoms with Crippen molar-refractivity contribution in [3.8, 4) is 0 Å². The van der Waals surface area contributed by atoms with Crippen molar-refractivity contribution < 1.29 is 19.4 Å². The van der Waals surface area contributed by atoms with Gasteiger partial charge in [-0.1, -0.05) is 0 Å². The van der Waals surface area contributed by atoms with Crippen LogP contribution in [-0.2, 0) is 9.53 Å². The number of carbonyl (C=O) groups excluding carboxylic acids is 1. The van der Waals surface area contributed by atoms with E-state index >= 15 is 0 Å². The van der Waals surface area contributed by atoms with Gasteiger partial charge in [-0.25, -0.2) is 4.79 Å². The number of urea groups is 1. The molecule has 7 nitrogen and oxygen atoms in total. The summed E-state index contributed by atoms with van der Waals surface area (Å²) in [6, 6.07) is -0.187. The van der Waals surface area contributed by atoms with E-state index in [1.807, 2.05) is 7.05 Å². The molecule has 2 fully saturated rings. The number of nitrogens with one attached hydrogen (secondary N) is 1. The molecule has 114 valence electrons. The van der Waals surface area contributed by atoms with Gasteiger partial charge in [0.2, 0.25) is 0 Å². The SMILES string of the molecule is CN1CCOC(CNC(=O)N2CCCC(C(=O)O)C2)C1. The largest absolute Gasteiger partial charge is 0.481 e. The molecule has 2 amide bonds. The Hall–Kier alpha value is -1.34. The summed E-state index contributed by atoms with van der Waals surface area (Å²) in [6.07, 6.45) is 1.40. The van der Waals surface area contributed by atoms with Crippen LogP contribution in [0, 0.1) is 5.92 Å². The molecule has 2 unspecified atom stereocenters. The van der Waals surface area contributed by atoms with E-state index < -0.39 is 11.9 Å². The van der Waals surface area contributed by atoms with Crippen LogP contribution in [0.1, 0.15) is 12.8 Å². The van der Waals surface area contributed by atoms with Gasteiger partial charge in [0.05, 0.1) is 18.6 Å². The summed E-state index contributed by atoms with van der Waals surface area (Å²) in [5.41, 5.74) is 0. The van der Waals surface area contributed by atoms with E-state index in [-0.39, 0.29) is 12.1 Å². The number of carboxylic acids is 1. The summed E-state index contributed by atoms with van der Waals surface area (Å²) in [5, 5.41) is 11.9. The summed E-state index contributed by atoms with van der Waals surface area (Å²) in [4.78, 5) is 26.8. The second-order valence-corrected chi connectivity index (χ2v) is 5.56. The Kier molecular flexibility index (Phi) is 5.19. The van der Waals surface area contributed by atoms with E-state index in [4.69, 9.17) is 9.84 Å². The van der Waals surface area contributed by atoms with Crippen molar-refractivity contribution in [2.75, 3.05) is 46.4 Å². The van der Waals surface area contributed by atoms with Gasteiger partial charge in [0.1, 0.15) is 0 Å². The minimum absolute atomic E-state index is 0.0118. The van der Waals surface area contributed by atoms with Crippen LogP contribution in [0.3, 0.4) is 0 Å². The number of rotatable bonds is 3. The van der Waals surface area contributed by atoms with Gasteiger partial charge in [-0.15, -0.1) is 0 Å². The van der Waals surface area contributed by atoms with Gasteiger partial charge >= 0.3 is 12.0 Å². The number of nitrogens with zero attached hydrogens (tertiary/aromatic N) is 2. The highest BCUT2D eigenvalue weighted by molar-refractivity contribution is 5.76. The molecule has 0 saturated carbocycles. The fourth-order valence-electron chi connectivity index (χ4n) is 2.67. The van der Waals surface area contributed by atoms with Gasteiger partial charge in [0.15, 0.2) is 0 Å². The molecule has 2 rings (SSSR count). The van der Waals surface area contributed by atoms with E-state index in [1.165, 1.54) is 0 Å². The fourth-order valence-corrected chi connectivity index (χ4v) is 2.67. The number of carboxylic acid groups (broad SMARTS) is 1. The number of hydrogen-bond acceptors (Lipinski definition) is 4. The summed E-state index contributed by atoms with van der Waals surface area (Å²) in [7, 11) is 2.03. The monoisotopic (exact) mass is 285 g/mol. The van der Waals surface area contributed by atoms with E-state index in [2.05, 4.69) is 10.2 Å². The number of piperidine rings is 1. The van der Waals surface area contributed by atoms with Crippen LogP contribution in [0.2, 0.25) is 0 Å². The topological polar surface area (TPSA) is 82.1 Å². The molecule has 0 aromatic heterocycles. The van der Waals surface area contributed by atoms with Crippen molar-refractivity contribution >= 4 is 12.0 Å².